The van der Waals surface area contributed by atoms with Gasteiger partial charge in [-0.25, -0.2) is 4.79 Å². The lowest BCUT2D eigenvalue weighted by molar-refractivity contribution is -0.131. The summed E-state index contributed by atoms with van der Waals surface area (Å²) in [5, 5.41) is 4.89. The lowest BCUT2D eigenvalue weighted by Gasteiger charge is -2.31. The van der Waals surface area contributed by atoms with Crippen molar-refractivity contribution >= 4 is 29.1 Å². The summed E-state index contributed by atoms with van der Waals surface area (Å²) >= 11 is 1.62. The van der Waals surface area contributed by atoms with Gasteiger partial charge in [-0.15, -0.1) is 11.3 Å². The van der Waals surface area contributed by atoms with Crippen molar-refractivity contribution < 1.29 is 14.4 Å². The highest BCUT2D eigenvalue weighted by atomic mass is 32.1. The van der Waals surface area contributed by atoms with Crippen LogP contribution in [0.5, 0.6) is 0 Å². The van der Waals surface area contributed by atoms with E-state index in [1.165, 1.54) is 5.56 Å². The molecule has 3 heterocycles. The Morgan fingerprint density at radius 2 is 1.94 bits per heavy atom. The van der Waals surface area contributed by atoms with E-state index in [0.717, 1.165) is 52.5 Å². The van der Waals surface area contributed by atoms with Crippen LogP contribution >= 0.6 is 11.3 Å². The molecule has 3 aromatic rings. The Morgan fingerprint density at radius 3 is 2.73 bits per heavy atom. The summed E-state index contributed by atoms with van der Waals surface area (Å²) in [4.78, 5) is 41.7. The lowest BCUT2D eigenvalue weighted by atomic mass is 9.80. The Kier molecular flexibility index (Phi) is 5.44. The molecular weight excluding hydrogens is 434 g/mol. The first-order valence-corrected chi connectivity index (χ1v) is 12.2. The number of fused-ring (bicyclic) bond motifs is 2. The van der Waals surface area contributed by atoms with Gasteiger partial charge in [-0.3, -0.25) is 14.5 Å². The molecule has 3 amide bonds. The van der Waals surface area contributed by atoms with Crippen molar-refractivity contribution in [2.45, 2.75) is 51.6 Å². The predicted molar refractivity (Wildman–Crippen MR) is 128 cm³/mol. The minimum absolute atomic E-state index is 0.212. The highest BCUT2D eigenvalue weighted by Gasteiger charge is 2.54. The van der Waals surface area contributed by atoms with E-state index >= 15 is 0 Å². The number of benzene rings is 1. The second kappa shape index (κ2) is 8.30. The minimum Gasteiger partial charge on any atom is -0.348 e. The van der Waals surface area contributed by atoms with Crippen LogP contribution in [-0.4, -0.2) is 33.7 Å². The maximum absolute atomic E-state index is 13.4. The van der Waals surface area contributed by atoms with E-state index in [1.54, 1.807) is 11.3 Å². The molecule has 1 atom stereocenters. The molecule has 1 aliphatic carbocycles. The number of carbonyl (C=O) groups excluding carboxylic acids is 3. The number of hydrogen-bond donors (Lipinski definition) is 1. The molecule has 33 heavy (non-hydrogen) atoms. The van der Waals surface area contributed by atoms with Gasteiger partial charge in [0.1, 0.15) is 5.54 Å². The van der Waals surface area contributed by atoms with Gasteiger partial charge in [-0.2, -0.15) is 0 Å². The molecule has 2 aliphatic rings. The maximum Gasteiger partial charge on any atom is 0.325 e. The number of aryl methyl sites for hydroxylation is 3. The molecule has 0 saturated carbocycles. The Morgan fingerprint density at radius 1 is 1.15 bits per heavy atom. The van der Waals surface area contributed by atoms with Crippen molar-refractivity contribution in [3.05, 3.63) is 80.8 Å². The Balaban J connectivity index is 1.34. The molecule has 170 valence electrons. The monoisotopic (exact) mass is 461 g/mol. The fourth-order valence-corrected chi connectivity index (χ4v) is 6.23. The van der Waals surface area contributed by atoms with Crippen LogP contribution in [-0.2, 0) is 29.7 Å². The molecule has 0 radical (unpaired) electrons. The normalized spacial score (nSPS) is 19.8. The summed E-state index contributed by atoms with van der Waals surface area (Å²) in [7, 11) is 0. The van der Waals surface area contributed by atoms with E-state index in [-0.39, 0.29) is 18.2 Å². The van der Waals surface area contributed by atoms with Crippen molar-refractivity contribution in [2.75, 3.05) is 6.54 Å². The molecule has 1 fully saturated rings. The summed E-state index contributed by atoms with van der Waals surface area (Å²) in [5.74, 6) is -0.519. The molecule has 0 unspecified atom stereocenters. The first-order valence-electron chi connectivity index (χ1n) is 11.4. The number of hydrogen-bond acceptors (Lipinski definition) is 4. The second-order valence-electron chi connectivity index (χ2n) is 8.93. The van der Waals surface area contributed by atoms with E-state index in [9.17, 15) is 14.4 Å². The molecule has 1 spiro atoms. The van der Waals surface area contributed by atoms with Gasteiger partial charge < -0.3 is 9.88 Å². The quantitative estimate of drug-likeness (QED) is 0.438. The summed E-state index contributed by atoms with van der Waals surface area (Å²) in [6.45, 7) is 4.44. The molecule has 1 N–H and O–H groups in total. The fourth-order valence-electron chi connectivity index (χ4n) is 5.23. The molecule has 1 saturated heterocycles. The van der Waals surface area contributed by atoms with Crippen molar-refractivity contribution in [3.8, 4) is 0 Å². The van der Waals surface area contributed by atoms with Gasteiger partial charge in [0.05, 0.1) is 6.54 Å². The van der Waals surface area contributed by atoms with E-state index in [0.29, 0.717) is 12.0 Å². The third kappa shape index (κ3) is 3.60. The number of ketones is 1. The first-order chi connectivity index (χ1) is 15.9. The number of nitrogens with one attached hydrogen (secondary N) is 1. The summed E-state index contributed by atoms with van der Waals surface area (Å²) < 4.78 is 2.13. The number of urea groups is 1. The predicted octanol–water partition coefficient (Wildman–Crippen LogP) is 4.38. The van der Waals surface area contributed by atoms with Crippen LogP contribution < -0.4 is 5.32 Å². The maximum atomic E-state index is 13.4. The van der Waals surface area contributed by atoms with Crippen LogP contribution in [0, 0.1) is 13.8 Å². The van der Waals surface area contributed by atoms with Gasteiger partial charge in [-0.05, 0) is 62.6 Å². The third-order valence-corrected chi connectivity index (χ3v) is 7.96. The zero-order valence-corrected chi connectivity index (χ0v) is 19.7. The van der Waals surface area contributed by atoms with Gasteiger partial charge in [0, 0.05) is 33.9 Å². The highest BCUT2D eigenvalue weighted by molar-refractivity contribution is 7.10. The number of Topliss-reactive ketones (excluding diaryl/α,β-unsaturated/α-hetero) is 1. The van der Waals surface area contributed by atoms with Gasteiger partial charge in [-0.1, -0.05) is 30.3 Å². The SMILES string of the molecule is Cc1cc(C(=O)CN2C(=O)N[C@]3(CCCc4sccc43)C2=O)c(C)n1CCc1ccccc1. The smallest absolute Gasteiger partial charge is 0.325 e. The number of carbonyl (C=O) groups is 3. The minimum atomic E-state index is -1.02. The van der Waals surface area contributed by atoms with Crippen LogP contribution in [0.1, 0.15) is 50.6 Å². The topological polar surface area (TPSA) is 71.4 Å². The Bertz CT molecular complexity index is 1240. The van der Waals surface area contributed by atoms with Crippen molar-refractivity contribution in [3.63, 3.8) is 0 Å². The van der Waals surface area contributed by atoms with Crippen molar-refractivity contribution in [2.24, 2.45) is 0 Å². The second-order valence-corrected chi connectivity index (χ2v) is 9.93. The highest BCUT2D eigenvalue weighted by Crippen LogP contribution is 2.42. The van der Waals surface area contributed by atoms with Gasteiger partial charge in [0.15, 0.2) is 5.78 Å². The number of aromatic nitrogens is 1. The molecule has 0 bridgehead atoms. The molecule has 1 aliphatic heterocycles. The fraction of sp³-hybridized carbons (Fsp3) is 0.346. The average molecular weight is 462 g/mol. The number of rotatable bonds is 6. The summed E-state index contributed by atoms with van der Waals surface area (Å²) in [5.41, 5.74) is 3.55. The van der Waals surface area contributed by atoms with Gasteiger partial charge >= 0.3 is 6.03 Å². The van der Waals surface area contributed by atoms with Crippen LogP contribution in [0.3, 0.4) is 0 Å². The summed E-state index contributed by atoms with van der Waals surface area (Å²) in [6.07, 6.45) is 3.19. The van der Waals surface area contributed by atoms with Crippen molar-refractivity contribution in [1.82, 2.24) is 14.8 Å². The number of thiophene rings is 1. The zero-order valence-electron chi connectivity index (χ0n) is 18.9. The van der Waals surface area contributed by atoms with E-state index in [2.05, 4.69) is 22.0 Å². The molecule has 1 aromatic carbocycles. The molecule has 2 aromatic heterocycles. The standard InChI is InChI=1S/C26H27N3O3S/c1-17-15-20(18(2)28(17)13-10-19-7-4-3-5-8-19)22(30)16-29-24(31)26(27-25(29)32)12-6-9-23-21(26)11-14-33-23/h3-5,7-8,11,14-15H,6,9-10,12-13,16H2,1-2H3,(H,27,32)/t26-/m0/s1. The van der Waals surface area contributed by atoms with Crippen LogP contribution in [0.15, 0.2) is 47.8 Å². The molecule has 7 heteroatoms. The van der Waals surface area contributed by atoms with Crippen LogP contribution in [0.2, 0.25) is 0 Å². The summed E-state index contributed by atoms with van der Waals surface area (Å²) in [6, 6.07) is 13.6. The van der Waals surface area contributed by atoms with E-state index in [4.69, 9.17) is 0 Å². The van der Waals surface area contributed by atoms with Gasteiger partial charge in [0.25, 0.3) is 5.91 Å². The molecule has 6 nitrogen and oxygen atoms in total. The lowest BCUT2D eigenvalue weighted by Crippen LogP contribution is -2.46. The van der Waals surface area contributed by atoms with Gasteiger partial charge in [0.2, 0.25) is 0 Å². The number of nitrogens with zero attached hydrogens (tertiary/aromatic N) is 2. The van der Waals surface area contributed by atoms with Crippen LogP contribution in [0.4, 0.5) is 4.79 Å². The number of amides is 3. The van der Waals surface area contributed by atoms with Crippen LogP contribution in [0.25, 0.3) is 0 Å². The van der Waals surface area contributed by atoms with Crippen molar-refractivity contribution in [1.29, 1.82) is 0 Å². The first kappa shape index (κ1) is 21.6. The van der Waals surface area contributed by atoms with E-state index < -0.39 is 11.6 Å². The average Bonchev–Trinajstić information content (AvgIpc) is 3.46. The molecular formula is C26H27N3O3S. The third-order valence-electron chi connectivity index (χ3n) is 6.98. The largest absolute Gasteiger partial charge is 0.348 e. The number of imide groups is 1. The zero-order chi connectivity index (χ0) is 23.2. The Hall–Kier alpha value is -3.19. The Labute approximate surface area is 197 Å². The molecule has 5 rings (SSSR count). The van der Waals surface area contributed by atoms with E-state index in [1.807, 2.05) is 49.6 Å².